The van der Waals surface area contributed by atoms with E-state index >= 15 is 0 Å². The lowest BCUT2D eigenvalue weighted by atomic mass is 9.93. The van der Waals surface area contributed by atoms with Crippen LogP contribution in [0.2, 0.25) is 0 Å². The van der Waals surface area contributed by atoms with Gasteiger partial charge in [-0.05, 0) is 79.0 Å². The molecule has 106 heavy (non-hydrogen) atoms. The van der Waals surface area contributed by atoms with Gasteiger partial charge in [0.05, 0.1) is 46.2 Å². The summed E-state index contributed by atoms with van der Waals surface area (Å²) in [6.07, 6.45) is -3.31. The van der Waals surface area contributed by atoms with Crippen molar-refractivity contribution in [2.75, 3.05) is 126 Å². The molecule has 0 radical (unpaired) electrons. The number of carbonyl (C=O) groups is 12. The van der Waals surface area contributed by atoms with Crippen LogP contribution in [-0.2, 0) is 139 Å². The standard InChI is InChI=1S/C24H32O12.C24H32O11.C9H12O5.C8H12O5.C7H8O/c1-4-30-20(27)24(3,15-35-21(28)33-10-17-8-6-5-7-9-17)16-36-22(29)34-14-23(2,13-25)19(26)32-12-18-11-31-18;1-5-12-31-19(26)23(3,14-25)15-33-22(29)35-17-24(4,20(27)30-6-2)16-34-21(28)32-13-18-10-8-7-9-11-18;1-3-4-12-7(10)9(2)5-13-8(11)14-6-9;1-3-11-6(9)8(2)4-12-7(10)13-5-8;8-6-7-4-2-1-3-5-7/h5-9,18,25H,4,10-16H2,1-3H3;5,7-11,25H,1,6,12-17H2,2-4H3;3H,1,4-6H2,2H3;3-5H2,1-2H3;1-5,8H,6H2. The summed E-state index contributed by atoms with van der Waals surface area (Å²) in [5.74, 6) is -3.98. The second kappa shape index (κ2) is 47.7. The Hall–Kier alpha value is -10.6. The maximum atomic E-state index is 12.5. The van der Waals surface area contributed by atoms with E-state index in [1.807, 2.05) is 42.5 Å². The number of esters is 6. The Kier molecular flexibility index (Phi) is 41.2. The zero-order valence-corrected chi connectivity index (χ0v) is 60.9. The summed E-state index contributed by atoms with van der Waals surface area (Å²) in [7, 11) is 0. The van der Waals surface area contributed by atoms with E-state index in [0.717, 1.165) is 16.7 Å². The van der Waals surface area contributed by atoms with Gasteiger partial charge in [0.2, 0.25) is 0 Å². The molecule has 0 saturated carbocycles. The molecular formula is C72H96O34. The van der Waals surface area contributed by atoms with Crippen molar-refractivity contribution in [3.8, 4) is 0 Å². The van der Waals surface area contributed by atoms with Gasteiger partial charge in [-0.2, -0.15) is 0 Å². The van der Waals surface area contributed by atoms with Crippen LogP contribution in [0.5, 0.6) is 0 Å². The third kappa shape index (κ3) is 34.3. The second-order valence-electron chi connectivity index (χ2n) is 24.7. The first-order valence-corrected chi connectivity index (χ1v) is 32.9. The lowest BCUT2D eigenvalue weighted by Gasteiger charge is -2.29. The molecule has 3 N–H and O–H groups in total. The van der Waals surface area contributed by atoms with Crippen LogP contribution in [0.1, 0.15) is 79.0 Å². The highest BCUT2D eigenvalue weighted by Crippen LogP contribution is 2.28. The van der Waals surface area contributed by atoms with Crippen LogP contribution in [0, 0.1) is 32.5 Å². The van der Waals surface area contributed by atoms with E-state index in [0.29, 0.717) is 13.2 Å². The molecule has 34 nitrogen and oxygen atoms in total. The third-order valence-electron chi connectivity index (χ3n) is 14.5. The smallest absolute Gasteiger partial charge is 0.465 e. The van der Waals surface area contributed by atoms with Gasteiger partial charge in [-0.25, -0.2) is 28.8 Å². The Bertz CT molecular complexity index is 3250. The summed E-state index contributed by atoms with van der Waals surface area (Å²) in [6, 6.07) is 27.3. The van der Waals surface area contributed by atoms with Crippen molar-refractivity contribution in [2.45, 2.75) is 88.2 Å². The third-order valence-corrected chi connectivity index (χ3v) is 14.5. The Morgan fingerprint density at radius 1 is 0.425 bits per heavy atom. The average Bonchev–Trinajstić information content (AvgIpc) is 1.01. The number of benzene rings is 3. The minimum atomic E-state index is -1.57. The Labute approximate surface area is 612 Å². The van der Waals surface area contributed by atoms with Crippen molar-refractivity contribution in [2.24, 2.45) is 32.5 Å². The van der Waals surface area contributed by atoms with Gasteiger partial charge in [-0.1, -0.05) is 116 Å². The molecule has 0 bridgehead atoms. The van der Waals surface area contributed by atoms with E-state index in [2.05, 4.69) is 32.1 Å². The van der Waals surface area contributed by atoms with Gasteiger partial charge in [-0.3, -0.25) is 28.8 Å². The van der Waals surface area contributed by atoms with Crippen molar-refractivity contribution in [1.29, 1.82) is 0 Å². The quantitative estimate of drug-likeness (QED) is 0.0224. The second-order valence-corrected chi connectivity index (χ2v) is 24.7. The van der Waals surface area contributed by atoms with Crippen LogP contribution in [0.15, 0.2) is 116 Å². The molecule has 5 atom stereocenters. The molecule has 3 aliphatic heterocycles. The van der Waals surface area contributed by atoms with Crippen molar-refractivity contribution >= 4 is 72.7 Å². The van der Waals surface area contributed by atoms with Gasteiger partial charge in [0.1, 0.15) is 138 Å². The molecule has 3 fully saturated rings. The first kappa shape index (κ1) is 91.5. The molecule has 5 unspecified atom stereocenters. The molecule has 0 amide bonds. The molecule has 3 heterocycles. The molecule has 3 aliphatic rings. The highest BCUT2D eigenvalue weighted by atomic mass is 16.8. The predicted molar refractivity (Wildman–Crippen MR) is 362 cm³/mol. The molecule has 0 spiro atoms. The lowest BCUT2D eigenvalue weighted by Crippen LogP contribution is -2.44. The monoisotopic (exact) mass is 1500 g/mol. The summed E-state index contributed by atoms with van der Waals surface area (Å²) in [5.41, 5.74) is -5.50. The number of aliphatic hydroxyl groups excluding tert-OH is 3. The van der Waals surface area contributed by atoms with Crippen LogP contribution in [0.4, 0.5) is 28.8 Å². The van der Waals surface area contributed by atoms with Crippen molar-refractivity contribution < 1.29 is 163 Å². The van der Waals surface area contributed by atoms with E-state index in [9.17, 15) is 67.7 Å². The number of carbonyl (C=O) groups excluding carboxylic acids is 12. The van der Waals surface area contributed by atoms with Gasteiger partial charge < -0.3 is 105 Å². The molecule has 0 aromatic heterocycles. The van der Waals surface area contributed by atoms with Gasteiger partial charge in [0.25, 0.3) is 0 Å². The lowest BCUT2D eigenvalue weighted by molar-refractivity contribution is -0.166. The first-order chi connectivity index (χ1) is 50.3. The summed E-state index contributed by atoms with van der Waals surface area (Å²) >= 11 is 0. The van der Waals surface area contributed by atoms with Gasteiger partial charge in [-0.15, -0.1) is 0 Å². The van der Waals surface area contributed by atoms with Crippen LogP contribution >= 0.6 is 0 Å². The predicted octanol–water partition coefficient (Wildman–Crippen LogP) is 7.58. The number of ether oxygens (including phenoxy) is 19. The largest absolute Gasteiger partial charge is 0.508 e. The van der Waals surface area contributed by atoms with E-state index in [4.69, 9.17) is 76.2 Å². The fraction of sp³-hybridized carbons (Fsp3) is 0.528. The summed E-state index contributed by atoms with van der Waals surface area (Å²) in [6.45, 7) is 17.0. The SMILES string of the molecule is C=CCOC(=O)C(C)(CO)COC(=O)OCC(C)(COC(=O)OCc1ccccc1)C(=O)OCC.C=CCOC(=O)C1(C)COC(=O)OC1.CCOC(=O)C(C)(COC(=O)OCc1ccccc1)COC(=O)OCC(C)(CO)C(=O)OCC1CO1.CCOC(=O)C1(C)COC(=O)OC1.OCc1ccccc1. The Balaban J connectivity index is 0.000000498. The van der Waals surface area contributed by atoms with E-state index in [1.54, 1.807) is 83.1 Å². The average molecular weight is 1510 g/mol. The van der Waals surface area contributed by atoms with Gasteiger partial charge in [0.15, 0.2) is 0 Å². The summed E-state index contributed by atoms with van der Waals surface area (Å²) in [5, 5.41) is 27.6. The summed E-state index contributed by atoms with van der Waals surface area (Å²) < 4.78 is 92.9. The van der Waals surface area contributed by atoms with Gasteiger partial charge >= 0.3 is 72.7 Å². The molecule has 3 aromatic rings. The molecule has 34 heteroatoms. The maximum Gasteiger partial charge on any atom is 0.508 e. The molecule has 6 rings (SSSR count). The number of epoxide rings is 1. The Morgan fingerprint density at radius 2 is 0.717 bits per heavy atom. The maximum absolute atomic E-state index is 12.5. The normalized spacial score (nSPS) is 16.2. The summed E-state index contributed by atoms with van der Waals surface area (Å²) in [4.78, 5) is 141. The fourth-order valence-corrected chi connectivity index (χ4v) is 7.47. The molecule has 3 saturated heterocycles. The number of hydrogen-bond acceptors (Lipinski definition) is 34. The Morgan fingerprint density at radius 3 is 1.02 bits per heavy atom. The number of cyclic esters (lactones) is 4. The van der Waals surface area contributed by atoms with Crippen LogP contribution in [0.3, 0.4) is 0 Å². The topological polar surface area (TPSA) is 444 Å². The molecule has 0 aliphatic carbocycles. The van der Waals surface area contributed by atoms with Crippen molar-refractivity contribution in [3.05, 3.63) is 133 Å². The van der Waals surface area contributed by atoms with Gasteiger partial charge in [0, 0.05) is 0 Å². The molecular weight excluding hydrogens is 1410 g/mol. The highest BCUT2D eigenvalue weighted by Gasteiger charge is 2.45. The fourth-order valence-electron chi connectivity index (χ4n) is 7.47. The van der Waals surface area contributed by atoms with Crippen molar-refractivity contribution in [1.82, 2.24) is 0 Å². The van der Waals surface area contributed by atoms with E-state index in [1.165, 1.54) is 39.8 Å². The minimum absolute atomic E-state index is 0.0121. The molecule has 3 aromatic carbocycles. The van der Waals surface area contributed by atoms with Crippen molar-refractivity contribution in [3.63, 3.8) is 0 Å². The van der Waals surface area contributed by atoms with E-state index < -0.39 is 158 Å². The first-order valence-electron chi connectivity index (χ1n) is 32.9. The highest BCUT2D eigenvalue weighted by molar-refractivity contribution is 5.81. The van der Waals surface area contributed by atoms with E-state index in [-0.39, 0.29) is 85.4 Å². The number of rotatable bonds is 34. The zero-order chi connectivity index (χ0) is 79.2. The number of aliphatic hydroxyl groups is 3. The minimum Gasteiger partial charge on any atom is -0.465 e. The molecule has 588 valence electrons. The van der Waals surface area contributed by atoms with Crippen LogP contribution in [0.25, 0.3) is 0 Å². The van der Waals surface area contributed by atoms with Crippen LogP contribution < -0.4 is 0 Å². The van der Waals surface area contributed by atoms with Crippen LogP contribution in [-0.4, -0.2) is 220 Å². The zero-order valence-electron chi connectivity index (χ0n) is 60.9. The number of hydrogen-bond donors (Lipinski definition) is 3.